The van der Waals surface area contributed by atoms with Crippen LogP contribution in [0.5, 0.6) is 0 Å². The number of nitrogens with one attached hydrogen (secondary N) is 1. The van der Waals surface area contributed by atoms with Gasteiger partial charge in [0.15, 0.2) is 0 Å². The van der Waals surface area contributed by atoms with Gasteiger partial charge in [-0.05, 0) is 26.8 Å². The van der Waals surface area contributed by atoms with Gasteiger partial charge in [0.05, 0.1) is 13.0 Å². The third-order valence-corrected chi connectivity index (χ3v) is 2.67. The number of methoxy groups -OCH3 is 1. The van der Waals surface area contributed by atoms with Gasteiger partial charge in [0.1, 0.15) is 0 Å². The van der Waals surface area contributed by atoms with Gasteiger partial charge >= 0.3 is 0 Å². The number of carbonyl (C=O) groups is 1. The first-order valence-electron chi connectivity index (χ1n) is 5.57. The molecular weight excluding hydrogens is 192 g/mol. The molecule has 88 valence electrons. The molecule has 0 saturated carbocycles. The number of amides is 1. The molecule has 15 heavy (non-hydrogen) atoms. The third kappa shape index (κ3) is 4.18. The van der Waals surface area contributed by atoms with Crippen molar-refractivity contribution >= 4 is 5.91 Å². The summed E-state index contributed by atoms with van der Waals surface area (Å²) in [7, 11) is 1.63. The molecule has 1 saturated heterocycles. The molecule has 0 unspecified atom stereocenters. The van der Waals surface area contributed by atoms with Crippen molar-refractivity contribution in [1.82, 2.24) is 10.2 Å². The Hall–Kier alpha value is -0.610. The van der Waals surface area contributed by atoms with E-state index in [0.717, 1.165) is 26.1 Å². The van der Waals surface area contributed by atoms with Crippen molar-refractivity contribution in [3.63, 3.8) is 0 Å². The largest absolute Gasteiger partial charge is 0.384 e. The Labute approximate surface area is 92.0 Å². The molecule has 1 aliphatic heterocycles. The lowest BCUT2D eigenvalue weighted by atomic mass is 10.1. The highest BCUT2D eigenvalue weighted by Gasteiger charge is 2.26. The molecule has 0 aromatic carbocycles. The number of ether oxygens (including phenoxy) is 1. The highest BCUT2D eigenvalue weighted by molar-refractivity contribution is 5.76. The molecule has 1 fully saturated rings. The first-order valence-corrected chi connectivity index (χ1v) is 5.57. The smallest absolute Gasteiger partial charge is 0.224 e. The molecule has 0 spiro atoms. The summed E-state index contributed by atoms with van der Waals surface area (Å²) in [6, 6.07) is 0. The Morgan fingerprint density at radius 2 is 2.27 bits per heavy atom. The van der Waals surface area contributed by atoms with Crippen LogP contribution in [0.2, 0.25) is 0 Å². The molecule has 1 N–H and O–H groups in total. The Morgan fingerprint density at radius 3 is 2.93 bits per heavy atom. The van der Waals surface area contributed by atoms with E-state index < -0.39 is 0 Å². The quantitative estimate of drug-likeness (QED) is 0.749. The second kappa shape index (κ2) is 5.47. The van der Waals surface area contributed by atoms with Crippen LogP contribution in [0.15, 0.2) is 0 Å². The van der Waals surface area contributed by atoms with E-state index in [9.17, 15) is 4.79 Å². The fourth-order valence-electron chi connectivity index (χ4n) is 1.87. The van der Waals surface area contributed by atoms with Gasteiger partial charge in [-0.1, -0.05) is 0 Å². The second-order valence-corrected chi connectivity index (χ2v) is 4.72. The van der Waals surface area contributed by atoms with Crippen molar-refractivity contribution in [2.24, 2.45) is 0 Å². The van der Waals surface area contributed by atoms with E-state index in [2.05, 4.69) is 19.2 Å². The lowest BCUT2D eigenvalue weighted by Crippen LogP contribution is -2.48. The van der Waals surface area contributed by atoms with E-state index in [1.807, 2.05) is 4.90 Å². The SMILES string of the molecule is COCCC(=O)N1CCCNC(C)(C)C1. The lowest BCUT2D eigenvalue weighted by Gasteiger charge is -2.30. The van der Waals surface area contributed by atoms with Crippen LogP contribution in [0, 0.1) is 0 Å². The number of rotatable bonds is 3. The summed E-state index contributed by atoms with van der Waals surface area (Å²) >= 11 is 0. The summed E-state index contributed by atoms with van der Waals surface area (Å²) < 4.78 is 4.92. The molecule has 0 atom stereocenters. The van der Waals surface area contributed by atoms with Crippen LogP contribution in [0.25, 0.3) is 0 Å². The number of hydrogen-bond donors (Lipinski definition) is 1. The van der Waals surface area contributed by atoms with E-state index in [1.165, 1.54) is 0 Å². The van der Waals surface area contributed by atoms with Crippen molar-refractivity contribution < 1.29 is 9.53 Å². The van der Waals surface area contributed by atoms with Crippen LogP contribution in [-0.4, -0.2) is 49.7 Å². The Bertz CT molecular complexity index is 217. The van der Waals surface area contributed by atoms with Crippen molar-refractivity contribution in [3.05, 3.63) is 0 Å². The molecule has 1 rings (SSSR count). The predicted octanol–water partition coefficient (Wildman–Crippen LogP) is 0.623. The van der Waals surface area contributed by atoms with Gasteiger partial charge < -0.3 is 15.0 Å². The summed E-state index contributed by atoms with van der Waals surface area (Å²) in [5, 5.41) is 3.44. The molecule has 1 aliphatic rings. The highest BCUT2D eigenvalue weighted by Crippen LogP contribution is 2.11. The molecule has 0 aromatic rings. The zero-order valence-corrected chi connectivity index (χ0v) is 10.0. The zero-order chi connectivity index (χ0) is 11.3. The predicted molar refractivity (Wildman–Crippen MR) is 59.8 cm³/mol. The van der Waals surface area contributed by atoms with Gasteiger partial charge in [-0.3, -0.25) is 4.79 Å². The summed E-state index contributed by atoms with van der Waals surface area (Å²) in [5.74, 6) is 0.202. The molecule has 0 bridgehead atoms. The average Bonchev–Trinajstić information content (AvgIpc) is 2.35. The van der Waals surface area contributed by atoms with Crippen LogP contribution in [-0.2, 0) is 9.53 Å². The van der Waals surface area contributed by atoms with Crippen LogP contribution in [0.3, 0.4) is 0 Å². The van der Waals surface area contributed by atoms with Gasteiger partial charge in [0.2, 0.25) is 5.91 Å². The van der Waals surface area contributed by atoms with Gasteiger partial charge in [0.25, 0.3) is 0 Å². The minimum absolute atomic E-state index is 0.0270. The van der Waals surface area contributed by atoms with Crippen molar-refractivity contribution in [1.29, 1.82) is 0 Å². The zero-order valence-electron chi connectivity index (χ0n) is 10.0. The Morgan fingerprint density at radius 1 is 1.53 bits per heavy atom. The maximum absolute atomic E-state index is 11.8. The first kappa shape index (κ1) is 12.5. The van der Waals surface area contributed by atoms with Crippen LogP contribution >= 0.6 is 0 Å². The van der Waals surface area contributed by atoms with Crippen LogP contribution in [0.1, 0.15) is 26.7 Å². The van der Waals surface area contributed by atoms with Crippen molar-refractivity contribution in [2.45, 2.75) is 32.2 Å². The van der Waals surface area contributed by atoms with Crippen LogP contribution in [0.4, 0.5) is 0 Å². The number of nitrogens with zero attached hydrogens (tertiary/aromatic N) is 1. The van der Waals surface area contributed by atoms with E-state index in [-0.39, 0.29) is 11.4 Å². The van der Waals surface area contributed by atoms with Gasteiger partial charge in [-0.25, -0.2) is 0 Å². The molecule has 0 radical (unpaired) electrons. The number of hydrogen-bond acceptors (Lipinski definition) is 3. The summed E-state index contributed by atoms with van der Waals surface area (Å²) in [5.41, 5.74) is 0.0270. The first-order chi connectivity index (χ1) is 7.05. The molecule has 0 aliphatic carbocycles. The van der Waals surface area contributed by atoms with E-state index >= 15 is 0 Å². The molecule has 0 aromatic heterocycles. The summed E-state index contributed by atoms with van der Waals surface area (Å²) in [6.45, 7) is 7.42. The molecule has 1 heterocycles. The molecule has 1 amide bonds. The van der Waals surface area contributed by atoms with E-state index in [4.69, 9.17) is 4.74 Å². The molecule has 4 heteroatoms. The maximum Gasteiger partial charge on any atom is 0.224 e. The average molecular weight is 214 g/mol. The normalized spacial score (nSPS) is 21.1. The third-order valence-electron chi connectivity index (χ3n) is 2.67. The van der Waals surface area contributed by atoms with Gasteiger partial charge in [-0.2, -0.15) is 0 Å². The molecular formula is C11H22N2O2. The monoisotopic (exact) mass is 214 g/mol. The highest BCUT2D eigenvalue weighted by atomic mass is 16.5. The standard InChI is InChI=1S/C11H22N2O2/c1-11(2)9-13(7-4-6-12-11)10(14)5-8-15-3/h12H,4-9H2,1-3H3. The van der Waals surface area contributed by atoms with E-state index in [1.54, 1.807) is 7.11 Å². The van der Waals surface area contributed by atoms with Crippen LogP contribution < -0.4 is 5.32 Å². The Balaban J connectivity index is 2.48. The second-order valence-electron chi connectivity index (χ2n) is 4.72. The minimum atomic E-state index is 0.0270. The van der Waals surface area contributed by atoms with Crippen molar-refractivity contribution in [3.8, 4) is 0 Å². The molecule has 4 nitrogen and oxygen atoms in total. The Kier molecular flexibility index (Phi) is 4.54. The number of carbonyl (C=O) groups excluding carboxylic acids is 1. The topological polar surface area (TPSA) is 41.6 Å². The summed E-state index contributed by atoms with van der Waals surface area (Å²) in [4.78, 5) is 13.8. The van der Waals surface area contributed by atoms with Crippen molar-refractivity contribution in [2.75, 3.05) is 33.4 Å². The van der Waals surface area contributed by atoms with Gasteiger partial charge in [-0.15, -0.1) is 0 Å². The summed E-state index contributed by atoms with van der Waals surface area (Å²) in [6.07, 6.45) is 1.52. The maximum atomic E-state index is 11.8. The van der Waals surface area contributed by atoms with E-state index in [0.29, 0.717) is 13.0 Å². The minimum Gasteiger partial charge on any atom is -0.384 e. The lowest BCUT2D eigenvalue weighted by molar-refractivity contribution is -0.132. The van der Waals surface area contributed by atoms with Gasteiger partial charge in [0, 0.05) is 25.7 Å². The fraction of sp³-hybridized carbons (Fsp3) is 0.909. The fourth-order valence-corrected chi connectivity index (χ4v) is 1.87.